The summed E-state index contributed by atoms with van der Waals surface area (Å²) in [5.41, 5.74) is -0.404. The van der Waals surface area contributed by atoms with Gasteiger partial charge in [-0.25, -0.2) is 0 Å². The standard InChI is InChI=1S/C15H17BrF3NO/c16-9-2-10-20(13-3-1-4-13)14(21)11-5-7-12(8-6-11)15(17,18)19/h5-8,13H,1-4,9-10H2. The first-order valence-electron chi connectivity index (χ1n) is 6.97. The predicted octanol–water partition coefficient (Wildman–Crippen LogP) is 4.49. The van der Waals surface area contributed by atoms with Gasteiger partial charge in [0, 0.05) is 23.5 Å². The van der Waals surface area contributed by atoms with E-state index in [9.17, 15) is 18.0 Å². The summed E-state index contributed by atoms with van der Waals surface area (Å²) in [5, 5.41) is 0.802. The number of alkyl halides is 4. The van der Waals surface area contributed by atoms with Crippen LogP contribution in [0.5, 0.6) is 0 Å². The molecule has 1 aromatic carbocycles. The minimum absolute atomic E-state index is 0.172. The number of halogens is 4. The predicted molar refractivity (Wildman–Crippen MR) is 78.5 cm³/mol. The van der Waals surface area contributed by atoms with Gasteiger partial charge < -0.3 is 4.90 Å². The van der Waals surface area contributed by atoms with Crippen LogP contribution in [0.15, 0.2) is 24.3 Å². The van der Waals surface area contributed by atoms with Crippen LogP contribution in [0.2, 0.25) is 0 Å². The van der Waals surface area contributed by atoms with Crippen molar-refractivity contribution in [1.29, 1.82) is 0 Å². The molecule has 0 atom stereocenters. The molecule has 0 heterocycles. The van der Waals surface area contributed by atoms with Gasteiger partial charge >= 0.3 is 6.18 Å². The molecule has 1 aromatic rings. The Hall–Kier alpha value is -1.04. The molecule has 1 fully saturated rings. The molecule has 0 unspecified atom stereocenters. The lowest BCUT2D eigenvalue weighted by molar-refractivity contribution is -0.137. The Morgan fingerprint density at radius 1 is 1.24 bits per heavy atom. The van der Waals surface area contributed by atoms with Crippen molar-refractivity contribution < 1.29 is 18.0 Å². The van der Waals surface area contributed by atoms with Gasteiger partial charge in [-0.2, -0.15) is 13.2 Å². The van der Waals surface area contributed by atoms with E-state index in [4.69, 9.17) is 0 Å². The fourth-order valence-electron chi connectivity index (χ4n) is 2.35. The van der Waals surface area contributed by atoms with E-state index in [0.29, 0.717) is 12.1 Å². The van der Waals surface area contributed by atoms with Gasteiger partial charge in [-0.1, -0.05) is 15.9 Å². The molecular formula is C15H17BrF3NO. The maximum Gasteiger partial charge on any atom is 0.416 e. The molecule has 1 saturated carbocycles. The van der Waals surface area contributed by atoms with Crippen LogP contribution in [0.4, 0.5) is 13.2 Å². The van der Waals surface area contributed by atoms with Gasteiger partial charge in [0.1, 0.15) is 0 Å². The van der Waals surface area contributed by atoms with E-state index < -0.39 is 11.7 Å². The molecule has 0 bridgehead atoms. The lowest BCUT2D eigenvalue weighted by Crippen LogP contribution is -2.44. The molecule has 1 amide bonds. The normalized spacial score (nSPS) is 15.6. The third-order valence-corrected chi connectivity index (χ3v) is 4.33. The number of hydrogen-bond donors (Lipinski definition) is 0. The van der Waals surface area contributed by atoms with Crippen LogP contribution in [0.25, 0.3) is 0 Å². The summed E-state index contributed by atoms with van der Waals surface area (Å²) in [5.74, 6) is -0.172. The second-order valence-electron chi connectivity index (χ2n) is 5.20. The number of amides is 1. The Morgan fingerprint density at radius 2 is 1.86 bits per heavy atom. The van der Waals surface area contributed by atoms with Crippen molar-refractivity contribution in [2.75, 3.05) is 11.9 Å². The SMILES string of the molecule is O=C(c1ccc(C(F)(F)F)cc1)N(CCCBr)C1CCC1. The van der Waals surface area contributed by atoms with Crippen molar-refractivity contribution in [3.05, 3.63) is 35.4 Å². The van der Waals surface area contributed by atoms with Crippen LogP contribution in [0.3, 0.4) is 0 Å². The highest BCUT2D eigenvalue weighted by atomic mass is 79.9. The molecule has 1 aliphatic rings. The molecule has 0 spiro atoms. The largest absolute Gasteiger partial charge is 0.416 e. The highest BCUT2D eigenvalue weighted by Crippen LogP contribution is 2.30. The van der Waals surface area contributed by atoms with Crippen molar-refractivity contribution >= 4 is 21.8 Å². The maximum atomic E-state index is 12.5. The van der Waals surface area contributed by atoms with E-state index in [0.717, 1.165) is 43.1 Å². The molecule has 1 aliphatic carbocycles. The zero-order valence-electron chi connectivity index (χ0n) is 11.5. The minimum Gasteiger partial charge on any atom is -0.336 e. The van der Waals surface area contributed by atoms with Gasteiger partial charge in [-0.15, -0.1) is 0 Å². The van der Waals surface area contributed by atoms with Gasteiger partial charge in [0.25, 0.3) is 5.91 Å². The third-order valence-electron chi connectivity index (χ3n) is 3.77. The average molecular weight is 364 g/mol. The van der Waals surface area contributed by atoms with Gasteiger partial charge in [0.15, 0.2) is 0 Å². The fourth-order valence-corrected chi connectivity index (χ4v) is 2.60. The number of hydrogen-bond acceptors (Lipinski definition) is 1. The highest BCUT2D eigenvalue weighted by Gasteiger charge is 2.32. The van der Waals surface area contributed by atoms with Crippen LogP contribution in [0, 0.1) is 0 Å². The van der Waals surface area contributed by atoms with E-state index in [1.54, 1.807) is 4.90 Å². The van der Waals surface area contributed by atoms with E-state index in [1.165, 1.54) is 12.1 Å². The van der Waals surface area contributed by atoms with E-state index in [2.05, 4.69) is 15.9 Å². The van der Waals surface area contributed by atoms with E-state index >= 15 is 0 Å². The average Bonchev–Trinajstić information content (AvgIpc) is 2.39. The summed E-state index contributed by atoms with van der Waals surface area (Å²) in [6, 6.07) is 4.71. The second-order valence-corrected chi connectivity index (χ2v) is 5.99. The molecule has 0 saturated heterocycles. The first-order chi connectivity index (χ1) is 9.93. The van der Waals surface area contributed by atoms with E-state index in [-0.39, 0.29) is 11.9 Å². The summed E-state index contributed by atoms with van der Waals surface area (Å²) < 4.78 is 37.6. The quantitative estimate of drug-likeness (QED) is 0.706. The van der Waals surface area contributed by atoms with Crippen LogP contribution in [-0.4, -0.2) is 28.7 Å². The minimum atomic E-state index is -4.37. The number of benzene rings is 1. The van der Waals surface area contributed by atoms with Gasteiger partial charge in [0.2, 0.25) is 0 Å². The molecule has 0 aliphatic heterocycles. The van der Waals surface area contributed by atoms with Gasteiger partial charge in [-0.05, 0) is 49.9 Å². The summed E-state index contributed by atoms with van der Waals surface area (Å²) in [6.45, 7) is 0.635. The van der Waals surface area contributed by atoms with Gasteiger partial charge in [-0.3, -0.25) is 4.79 Å². The number of rotatable bonds is 5. The number of nitrogens with zero attached hydrogens (tertiary/aromatic N) is 1. The number of carbonyl (C=O) groups is 1. The van der Waals surface area contributed by atoms with Crippen LogP contribution < -0.4 is 0 Å². The van der Waals surface area contributed by atoms with Crippen molar-refractivity contribution in [1.82, 2.24) is 4.90 Å². The van der Waals surface area contributed by atoms with E-state index in [1.807, 2.05) is 0 Å². The third kappa shape index (κ3) is 3.99. The highest BCUT2D eigenvalue weighted by molar-refractivity contribution is 9.09. The lowest BCUT2D eigenvalue weighted by atomic mass is 9.90. The summed E-state index contributed by atoms with van der Waals surface area (Å²) in [6.07, 6.45) is -0.465. The molecule has 0 N–H and O–H groups in total. The maximum absolute atomic E-state index is 12.5. The smallest absolute Gasteiger partial charge is 0.336 e. The van der Waals surface area contributed by atoms with Crippen LogP contribution >= 0.6 is 15.9 Å². The fraction of sp³-hybridized carbons (Fsp3) is 0.533. The summed E-state index contributed by atoms with van der Waals surface area (Å²) >= 11 is 3.34. The first kappa shape index (κ1) is 16.3. The van der Waals surface area contributed by atoms with Crippen LogP contribution in [0.1, 0.15) is 41.6 Å². The molecule has 0 radical (unpaired) electrons. The van der Waals surface area contributed by atoms with Crippen molar-refractivity contribution in [3.8, 4) is 0 Å². The van der Waals surface area contributed by atoms with Gasteiger partial charge in [0.05, 0.1) is 5.56 Å². The molecule has 2 nitrogen and oxygen atoms in total. The Labute approximate surface area is 130 Å². The Bertz CT molecular complexity index is 483. The second kappa shape index (κ2) is 6.81. The summed E-state index contributed by atoms with van der Waals surface area (Å²) in [7, 11) is 0. The monoisotopic (exact) mass is 363 g/mol. The molecule has 21 heavy (non-hydrogen) atoms. The Kier molecular flexibility index (Phi) is 5.30. The topological polar surface area (TPSA) is 20.3 Å². The zero-order valence-corrected chi connectivity index (χ0v) is 13.1. The van der Waals surface area contributed by atoms with Crippen molar-refractivity contribution in [3.63, 3.8) is 0 Å². The van der Waals surface area contributed by atoms with Crippen molar-refractivity contribution in [2.45, 2.75) is 37.9 Å². The lowest BCUT2D eigenvalue weighted by Gasteiger charge is -2.37. The Balaban J connectivity index is 2.12. The Morgan fingerprint density at radius 3 is 2.29 bits per heavy atom. The zero-order chi connectivity index (χ0) is 15.5. The first-order valence-corrected chi connectivity index (χ1v) is 8.10. The molecule has 0 aromatic heterocycles. The summed E-state index contributed by atoms with van der Waals surface area (Å²) in [4.78, 5) is 14.3. The van der Waals surface area contributed by atoms with Crippen LogP contribution in [-0.2, 0) is 6.18 Å². The molecule has 116 valence electrons. The van der Waals surface area contributed by atoms with Crippen molar-refractivity contribution in [2.24, 2.45) is 0 Å². The molecular weight excluding hydrogens is 347 g/mol. The number of carbonyl (C=O) groups excluding carboxylic acids is 1. The molecule has 6 heteroatoms. The molecule has 2 rings (SSSR count).